The smallest absolute Gasteiger partial charge is 0.131 e. The van der Waals surface area contributed by atoms with Gasteiger partial charge in [-0.3, -0.25) is 0 Å². The van der Waals surface area contributed by atoms with Gasteiger partial charge in [0.25, 0.3) is 0 Å². The van der Waals surface area contributed by atoms with Gasteiger partial charge in [0.2, 0.25) is 0 Å². The van der Waals surface area contributed by atoms with E-state index in [1.807, 2.05) is 24.3 Å². The van der Waals surface area contributed by atoms with Crippen molar-refractivity contribution in [1.29, 1.82) is 0 Å². The highest BCUT2D eigenvalue weighted by atomic mass is 15.1. The Morgan fingerprint density at radius 3 is 2.84 bits per heavy atom. The summed E-state index contributed by atoms with van der Waals surface area (Å²) in [5.41, 5.74) is 1.16. The molecule has 4 heteroatoms. The highest BCUT2D eigenvalue weighted by Gasteiger charge is 2.16. The quantitative estimate of drug-likeness (QED) is 0.884. The van der Waals surface area contributed by atoms with Crippen LogP contribution in [0.2, 0.25) is 0 Å². The lowest BCUT2D eigenvalue weighted by Crippen LogP contribution is -2.28. The predicted molar refractivity (Wildman–Crippen MR) is 76.6 cm³/mol. The van der Waals surface area contributed by atoms with Crippen LogP contribution in [0.5, 0.6) is 0 Å². The van der Waals surface area contributed by atoms with Crippen molar-refractivity contribution in [2.75, 3.05) is 18.4 Å². The van der Waals surface area contributed by atoms with Gasteiger partial charge in [-0.1, -0.05) is 12.1 Å². The Hall–Kier alpha value is -1.94. The lowest BCUT2D eigenvalue weighted by Gasteiger charge is -2.22. The van der Waals surface area contributed by atoms with E-state index in [1.165, 1.54) is 12.8 Å². The Bertz CT molecular complexity index is 521. The number of anilines is 2. The van der Waals surface area contributed by atoms with Crippen LogP contribution in [0.1, 0.15) is 24.5 Å². The van der Waals surface area contributed by atoms with Crippen molar-refractivity contribution >= 4 is 11.6 Å². The fourth-order valence-corrected chi connectivity index (χ4v) is 2.42. The van der Waals surface area contributed by atoms with Gasteiger partial charge < -0.3 is 10.6 Å². The van der Waals surface area contributed by atoms with Crippen LogP contribution >= 0.6 is 0 Å². The van der Waals surface area contributed by atoms with Crippen LogP contribution in [0, 0.1) is 0 Å². The van der Waals surface area contributed by atoms with Gasteiger partial charge in [-0.05, 0) is 43.7 Å². The van der Waals surface area contributed by atoms with Crippen LogP contribution in [0.25, 0.3) is 0 Å². The minimum atomic E-state index is 0.527. The normalized spacial score (nSPS) is 19.1. The minimum absolute atomic E-state index is 0.527. The standard InChI is InChI=1S/C15H18N4/c1-2-10-17-14(7-1)19-15-8-3-6-13(18-15)12-5-4-9-16-11-12/h1-3,6-8,10,12,16H,4-5,9,11H2,(H,17,18,19)/t12-/m1/s1. The Morgan fingerprint density at radius 1 is 1.11 bits per heavy atom. The SMILES string of the molecule is c1ccc(Nc2cccc([C@@H]3CCCNC3)n2)nc1. The van der Waals surface area contributed by atoms with E-state index in [-0.39, 0.29) is 0 Å². The molecule has 0 amide bonds. The summed E-state index contributed by atoms with van der Waals surface area (Å²) in [6, 6.07) is 12.0. The first kappa shape index (κ1) is 12.1. The van der Waals surface area contributed by atoms with Crippen molar-refractivity contribution in [1.82, 2.24) is 15.3 Å². The lowest BCUT2D eigenvalue weighted by molar-refractivity contribution is 0.455. The first-order valence-electron chi connectivity index (χ1n) is 6.77. The van der Waals surface area contributed by atoms with Gasteiger partial charge in [0.15, 0.2) is 0 Å². The Morgan fingerprint density at radius 2 is 2.05 bits per heavy atom. The van der Waals surface area contributed by atoms with Crippen molar-refractivity contribution in [3.8, 4) is 0 Å². The number of nitrogens with one attached hydrogen (secondary N) is 2. The molecule has 1 atom stereocenters. The van der Waals surface area contributed by atoms with Gasteiger partial charge in [-0.25, -0.2) is 9.97 Å². The third kappa shape index (κ3) is 3.09. The summed E-state index contributed by atoms with van der Waals surface area (Å²) >= 11 is 0. The summed E-state index contributed by atoms with van der Waals surface area (Å²) in [6.07, 6.45) is 4.22. The molecule has 0 radical (unpaired) electrons. The molecule has 2 N–H and O–H groups in total. The maximum atomic E-state index is 4.70. The molecule has 0 spiro atoms. The van der Waals surface area contributed by atoms with Crippen LogP contribution in [-0.2, 0) is 0 Å². The van der Waals surface area contributed by atoms with E-state index < -0.39 is 0 Å². The summed E-state index contributed by atoms with van der Waals surface area (Å²) in [5.74, 6) is 2.22. The fraction of sp³-hybridized carbons (Fsp3) is 0.333. The number of rotatable bonds is 3. The largest absolute Gasteiger partial charge is 0.325 e. The average molecular weight is 254 g/mol. The second-order valence-electron chi connectivity index (χ2n) is 4.83. The molecule has 2 aromatic rings. The molecule has 98 valence electrons. The molecule has 0 saturated carbocycles. The van der Waals surface area contributed by atoms with Crippen molar-refractivity contribution in [2.45, 2.75) is 18.8 Å². The zero-order chi connectivity index (χ0) is 12.9. The van der Waals surface area contributed by atoms with E-state index in [9.17, 15) is 0 Å². The second-order valence-corrected chi connectivity index (χ2v) is 4.83. The highest BCUT2D eigenvalue weighted by Crippen LogP contribution is 2.23. The van der Waals surface area contributed by atoms with Gasteiger partial charge in [0, 0.05) is 24.4 Å². The fourth-order valence-electron chi connectivity index (χ4n) is 2.42. The van der Waals surface area contributed by atoms with Gasteiger partial charge in [-0.2, -0.15) is 0 Å². The average Bonchev–Trinajstić information content (AvgIpc) is 2.49. The first-order valence-corrected chi connectivity index (χ1v) is 6.77. The van der Waals surface area contributed by atoms with Gasteiger partial charge in [0.1, 0.15) is 11.6 Å². The second kappa shape index (κ2) is 5.80. The van der Waals surface area contributed by atoms with Crippen LogP contribution in [-0.4, -0.2) is 23.1 Å². The maximum Gasteiger partial charge on any atom is 0.131 e. The van der Waals surface area contributed by atoms with E-state index in [4.69, 9.17) is 4.98 Å². The summed E-state index contributed by atoms with van der Waals surface area (Å²) in [5, 5.41) is 6.67. The summed E-state index contributed by atoms with van der Waals surface area (Å²) in [6.45, 7) is 2.16. The van der Waals surface area contributed by atoms with Crippen molar-refractivity contribution in [3.63, 3.8) is 0 Å². The third-order valence-corrected chi connectivity index (χ3v) is 3.41. The molecule has 1 aliphatic rings. The highest BCUT2D eigenvalue weighted by molar-refractivity contribution is 5.51. The molecule has 2 aromatic heterocycles. The molecule has 0 unspecified atom stereocenters. The van der Waals surface area contributed by atoms with Crippen molar-refractivity contribution in [2.24, 2.45) is 0 Å². The maximum absolute atomic E-state index is 4.70. The molecule has 1 fully saturated rings. The Labute approximate surface area is 113 Å². The van der Waals surface area contributed by atoms with Crippen LogP contribution in [0.3, 0.4) is 0 Å². The number of hydrogen-bond donors (Lipinski definition) is 2. The first-order chi connectivity index (χ1) is 9.42. The monoisotopic (exact) mass is 254 g/mol. The summed E-state index contributed by atoms with van der Waals surface area (Å²) < 4.78 is 0. The zero-order valence-electron chi connectivity index (χ0n) is 10.8. The van der Waals surface area contributed by atoms with Gasteiger partial charge in [0.05, 0.1) is 0 Å². The van der Waals surface area contributed by atoms with Gasteiger partial charge in [-0.15, -0.1) is 0 Å². The molecular weight excluding hydrogens is 236 g/mol. The van der Waals surface area contributed by atoms with E-state index in [0.717, 1.165) is 30.4 Å². The Balaban J connectivity index is 1.76. The number of aromatic nitrogens is 2. The van der Waals surface area contributed by atoms with Crippen LogP contribution in [0.4, 0.5) is 11.6 Å². The van der Waals surface area contributed by atoms with E-state index >= 15 is 0 Å². The van der Waals surface area contributed by atoms with Crippen molar-refractivity contribution < 1.29 is 0 Å². The Kier molecular flexibility index (Phi) is 3.70. The van der Waals surface area contributed by atoms with Gasteiger partial charge >= 0.3 is 0 Å². The number of nitrogens with zero attached hydrogens (tertiary/aromatic N) is 2. The molecule has 19 heavy (non-hydrogen) atoms. The minimum Gasteiger partial charge on any atom is -0.325 e. The van der Waals surface area contributed by atoms with Crippen LogP contribution in [0.15, 0.2) is 42.6 Å². The number of piperidine rings is 1. The summed E-state index contributed by atoms with van der Waals surface area (Å²) in [4.78, 5) is 8.95. The molecule has 1 saturated heterocycles. The van der Waals surface area contributed by atoms with E-state index in [2.05, 4.69) is 27.8 Å². The zero-order valence-corrected chi connectivity index (χ0v) is 10.8. The van der Waals surface area contributed by atoms with Crippen LogP contribution < -0.4 is 10.6 Å². The molecule has 0 aliphatic carbocycles. The number of hydrogen-bond acceptors (Lipinski definition) is 4. The molecule has 3 rings (SSSR count). The molecule has 3 heterocycles. The lowest BCUT2D eigenvalue weighted by atomic mass is 9.96. The third-order valence-electron chi connectivity index (χ3n) is 3.41. The molecular formula is C15H18N4. The predicted octanol–water partition coefficient (Wildman–Crippen LogP) is 2.69. The van der Waals surface area contributed by atoms with Crippen molar-refractivity contribution in [3.05, 3.63) is 48.3 Å². The number of pyridine rings is 2. The molecule has 4 nitrogen and oxygen atoms in total. The summed E-state index contributed by atoms with van der Waals surface area (Å²) in [7, 11) is 0. The van der Waals surface area contributed by atoms with E-state index in [1.54, 1.807) is 6.20 Å². The van der Waals surface area contributed by atoms with E-state index in [0.29, 0.717) is 5.92 Å². The molecule has 0 aromatic carbocycles. The molecule has 1 aliphatic heterocycles. The topological polar surface area (TPSA) is 49.8 Å². The molecule has 0 bridgehead atoms.